The molecule has 1 saturated heterocycles. The summed E-state index contributed by atoms with van der Waals surface area (Å²) >= 11 is 0. The molecule has 0 atom stereocenters. The van der Waals surface area contributed by atoms with Crippen molar-refractivity contribution in [2.24, 2.45) is 0 Å². The summed E-state index contributed by atoms with van der Waals surface area (Å²) in [6, 6.07) is 22.6. The smallest absolute Gasteiger partial charge is 0.261 e. The number of benzene rings is 3. The molecule has 0 aliphatic carbocycles. The van der Waals surface area contributed by atoms with Crippen LogP contribution in [0.4, 0.5) is 0 Å². The number of hydrogen-bond donors (Lipinski definition) is 0. The van der Waals surface area contributed by atoms with E-state index in [1.54, 1.807) is 36.4 Å². The molecule has 0 bridgehead atoms. The molecule has 2 aliphatic rings. The first-order chi connectivity index (χ1) is 16.5. The van der Waals surface area contributed by atoms with E-state index in [0.717, 1.165) is 25.2 Å². The normalized spacial score (nSPS) is 16.1. The zero-order valence-electron chi connectivity index (χ0n) is 19.2. The molecule has 0 aromatic heterocycles. The number of rotatable bonds is 5. The first kappa shape index (κ1) is 22.0. The van der Waals surface area contributed by atoms with E-state index >= 15 is 0 Å². The predicted octanol–water partition coefficient (Wildman–Crippen LogP) is 3.75. The van der Waals surface area contributed by atoms with Crippen molar-refractivity contribution in [1.29, 1.82) is 0 Å². The van der Waals surface area contributed by atoms with Crippen molar-refractivity contribution in [2.75, 3.05) is 26.2 Å². The molecule has 0 radical (unpaired) electrons. The maximum absolute atomic E-state index is 13.0. The van der Waals surface area contributed by atoms with Crippen LogP contribution in [-0.2, 0) is 13.1 Å². The molecule has 2 aliphatic heterocycles. The first-order valence-corrected chi connectivity index (χ1v) is 11.6. The van der Waals surface area contributed by atoms with Crippen LogP contribution in [0.3, 0.4) is 0 Å². The fraction of sp³-hybridized carbons (Fsp3) is 0.250. The van der Waals surface area contributed by atoms with Crippen LogP contribution >= 0.6 is 0 Å². The molecule has 3 aromatic rings. The highest BCUT2D eigenvalue weighted by Crippen LogP contribution is 2.24. The second kappa shape index (κ2) is 9.23. The fourth-order valence-electron chi connectivity index (χ4n) is 4.68. The van der Waals surface area contributed by atoms with Gasteiger partial charge < -0.3 is 4.90 Å². The number of imide groups is 1. The van der Waals surface area contributed by atoms with E-state index in [9.17, 15) is 14.4 Å². The van der Waals surface area contributed by atoms with Gasteiger partial charge in [-0.2, -0.15) is 0 Å². The lowest BCUT2D eigenvalue weighted by Gasteiger charge is -2.35. The molecule has 6 heteroatoms. The summed E-state index contributed by atoms with van der Waals surface area (Å²) in [6.07, 6.45) is 0. The Bertz CT molecular complexity index is 1210. The van der Waals surface area contributed by atoms with Gasteiger partial charge in [0.2, 0.25) is 0 Å². The number of carbonyl (C=O) groups excluding carboxylic acids is 3. The summed E-state index contributed by atoms with van der Waals surface area (Å²) in [7, 11) is 0. The van der Waals surface area contributed by atoms with Crippen molar-refractivity contribution >= 4 is 17.7 Å². The molecule has 5 rings (SSSR count). The maximum Gasteiger partial charge on any atom is 0.261 e. The summed E-state index contributed by atoms with van der Waals surface area (Å²) < 4.78 is 0. The molecular weight excluding hydrogens is 426 g/mol. The minimum absolute atomic E-state index is 0.0162. The number of hydrogen-bond acceptors (Lipinski definition) is 4. The first-order valence-electron chi connectivity index (χ1n) is 11.6. The van der Waals surface area contributed by atoms with Crippen LogP contribution in [0.5, 0.6) is 0 Å². The molecule has 0 unspecified atom stereocenters. The van der Waals surface area contributed by atoms with Crippen molar-refractivity contribution in [2.45, 2.75) is 20.0 Å². The van der Waals surface area contributed by atoms with E-state index < -0.39 is 0 Å². The minimum atomic E-state index is -0.274. The minimum Gasteiger partial charge on any atom is -0.336 e. The maximum atomic E-state index is 13.0. The van der Waals surface area contributed by atoms with Crippen LogP contribution in [0.1, 0.15) is 47.8 Å². The lowest BCUT2D eigenvalue weighted by Crippen LogP contribution is -2.48. The predicted molar refractivity (Wildman–Crippen MR) is 129 cm³/mol. The van der Waals surface area contributed by atoms with Crippen LogP contribution in [0.15, 0.2) is 72.8 Å². The third kappa shape index (κ3) is 4.37. The lowest BCUT2D eigenvalue weighted by molar-refractivity contribution is 0.0621. The summed E-state index contributed by atoms with van der Waals surface area (Å²) in [5.41, 5.74) is 4.89. The standard InChI is InChI=1S/C28H27N3O3/c1-20-5-4-6-22(17-20)18-29-13-15-30(16-14-29)26(32)23-11-9-21(10-12-23)19-31-27(33)24-7-2-3-8-25(24)28(31)34/h2-12,17H,13-16,18-19H2,1H3. The third-order valence-corrected chi connectivity index (χ3v) is 6.57. The summed E-state index contributed by atoms with van der Waals surface area (Å²) in [4.78, 5) is 43.7. The van der Waals surface area contributed by atoms with Crippen molar-refractivity contribution < 1.29 is 14.4 Å². The molecule has 34 heavy (non-hydrogen) atoms. The van der Waals surface area contributed by atoms with Gasteiger partial charge in [-0.15, -0.1) is 0 Å². The molecule has 0 saturated carbocycles. The molecule has 1 fully saturated rings. The monoisotopic (exact) mass is 453 g/mol. The topological polar surface area (TPSA) is 60.9 Å². The van der Waals surface area contributed by atoms with Crippen molar-refractivity contribution in [3.05, 3.63) is 106 Å². The van der Waals surface area contributed by atoms with E-state index in [-0.39, 0.29) is 24.3 Å². The second-order valence-corrected chi connectivity index (χ2v) is 9.00. The van der Waals surface area contributed by atoms with Crippen LogP contribution in [0.25, 0.3) is 0 Å². The molecule has 6 nitrogen and oxygen atoms in total. The Balaban J connectivity index is 1.17. The SMILES string of the molecule is Cc1cccc(CN2CCN(C(=O)c3ccc(CN4C(=O)c5ccccc5C4=O)cc3)CC2)c1. The molecule has 2 heterocycles. The van der Waals surface area contributed by atoms with Gasteiger partial charge in [0.15, 0.2) is 0 Å². The van der Waals surface area contributed by atoms with Crippen LogP contribution < -0.4 is 0 Å². The average Bonchev–Trinajstić information content (AvgIpc) is 3.10. The van der Waals surface area contributed by atoms with Gasteiger partial charge >= 0.3 is 0 Å². The molecule has 0 spiro atoms. The summed E-state index contributed by atoms with van der Waals surface area (Å²) in [6.45, 7) is 6.28. The Morgan fingerprint density at radius 1 is 0.735 bits per heavy atom. The van der Waals surface area contributed by atoms with Gasteiger partial charge in [0.05, 0.1) is 17.7 Å². The molecule has 172 valence electrons. The number of amides is 3. The lowest BCUT2D eigenvalue weighted by atomic mass is 10.1. The van der Waals surface area contributed by atoms with Gasteiger partial charge in [0, 0.05) is 38.3 Å². The highest BCUT2D eigenvalue weighted by Gasteiger charge is 2.35. The van der Waals surface area contributed by atoms with Crippen LogP contribution in [0, 0.1) is 6.92 Å². The zero-order chi connectivity index (χ0) is 23.7. The number of piperazine rings is 1. The van der Waals surface area contributed by atoms with E-state index in [0.29, 0.717) is 29.8 Å². The van der Waals surface area contributed by atoms with E-state index in [1.807, 2.05) is 17.0 Å². The number of aryl methyl sites for hydroxylation is 1. The van der Waals surface area contributed by atoms with Gasteiger partial charge in [-0.1, -0.05) is 54.1 Å². The zero-order valence-corrected chi connectivity index (χ0v) is 19.2. The Morgan fingerprint density at radius 3 is 2.00 bits per heavy atom. The average molecular weight is 454 g/mol. The van der Waals surface area contributed by atoms with E-state index in [1.165, 1.54) is 16.0 Å². The molecule has 0 N–H and O–H groups in total. The second-order valence-electron chi connectivity index (χ2n) is 9.00. The van der Waals surface area contributed by atoms with E-state index in [2.05, 4.69) is 36.1 Å². The van der Waals surface area contributed by atoms with Crippen LogP contribution in [-0.4, -0.2) is 58.6 Å². The Morgan fingerprint density at radius 2 is 1.38 bits per heavy atom. The van der Waals surface area contributed by atoms with Gasteiger partial charge in [-0.3, -0.25) is 24.2 Å². The van der Waals surface area contributed by atoms with Gasteiger partial charge in [-0.05, 0) is 42.3 Å². The number of nitrogens with zero attached hydrogens (tertiary/aromatic N) is 3. The summed E-state index contributed by atoms with van der Waals surface area (Å²) in [5, 5.41) is 0. The van der Waals surface area contributed by atoms with Crippen molar-refractivity contribution in [3.63, 3.8) is 0 Å². The largest absolute Gasteiger partial charge is 0.336 e. The van der Waals surface area contributed by atoms with Crippen molar-refractivity contribution in [1.82, 2.24) is 14.7 Å². The Labute approximate surface area is 199 Å². The Hall–Kier alpha value is -3.77. The van der Waals surface area contributed by atoms with Gasteiger partial charge in [0.25, 0.3) is 17.7 Å². The highest BCUT2D eigenvalue weighted by atomic mass is 16.2. The van der Waals surface area contributed by atoms with Crippen LogP contribution in [0.2, 0.25) is 0 Å². The Kier molecular flexibility index (Phi) is 5.99. The fourth-order valence-corrected chi connectivity index (χ4v) is 4.68. The highest BCUT2D eigenvalue weighted by molar-refractivity contribution is 6.21. The van der Waals surface area contributed by atoms with Gasteiger partial charge in [0.1, 0.15) is 0 Å². The molecule has 3 amide bonds. The molecular formula is C28H27N3O3. The van der Waals surface area contributed by atoms with E-state index in [4.69, 9.17) is 0 Å². The number of fused-ring (bicyclic) bond motifs is 1. The van der Waals surface area contributed by atoms with Crippen molar-refractivity contribution in [3.8, 4) is 0 Å². The van der Waals surface area contributed by atoms with Gasteiger partial charge in [-0.25, -0.2) is 0 Å². The quantitative estimate of drug-likeness (QED) is 0.552. The third-order valence-electron chi connectivity index (χ3n) is 6.57. The summed E-state index contributed by atoms with van der Waals surface area (Å²) in [5.74, 6) is -0.531. The number of carbonyl (C=O) groups is 3. The molecule has 3 aromatic carbocycles.